The van der Waals surface area contributed by atoms with Gasteiger partial charge >= 0.3 is 0 Å². The highest BCUT2D eigenvalue weighted by Gasteiger charge is 1.87. The van der Waals surface area contributed by atoms with Crippen LogP contribution in [0.3, 0.4) is 0 Å². The summed E-state index contributed by atoms with van der Waals surface area (Å²) in [5, 5.41) is 0. The lowest BCUT2D eigenvalue weighted by Crippen LogP contribution is -2.17. The topological polar surface area (TPSA) is 20.3 Å². The van der Waals surface area contributed by atoms with E-state index in [4.69, 9.17) is 0 Å². The van der Waals surface area contributed by atoms with Crippen molar-refractivity contribution in [2.75, 3.05) is 14.1 Å². The van der Waals surface area contributed by atoms with Gasteiger partial charge in [0.15, 0.2) is 0 Å². The molecule has 0 aromatic heterocycles. The lowest BCUT2D eigenvalue weighted by Gasteiger charge is -2.02. The van der Waals surface area contributed by atoms with E-state index in [1.165, 1.54) is 11.8 Å². The lowest BCUT2D eigenvalue weighted by atomic mass is 10.7. The third-order valence-electron chi connectivity index (χ3n) is 0.630. The van der Waals surface area contributed by atoms with Gasteiger partial charge in [0.05, 0.1) is 0 Å². The fourth-order valence-corrected chi connectivity index (χ4v) is 0. The Morgan fingerprint density at radius 1 is 1.22 bits per heavy atom. The van der Waals surface area contributed by atoms with Gasteiger partial charge in [0, 0.05) is 21.0 Å². The van der Waals surface area contributed by atoms with E-state index >= 15 is 0 Å². The molecule has 0 aromatic carbocycles. The van der Waals surface area contributed by atoms with Crippen LogP contribution in [0.15, 0.2) is 0 Å². The molecule has 0 aliphatic rings. The van der Waals surface area contributed by atoms with Crippen molar-refractivity contribution >= 4 is 5.91 Å². The maximum absolute atomic E-state index is 10.1. The van der Waals surface area contributed by atoms with Gasteiger partial charge in [-0.2, -0.15) is 0 Å². The van der Waals surface area contributed by atoms with E-state index in [0.717, 1.165) is 0 Å². The Labute approximate surface area is 58.9 Å². The molecular formula is C7H19NO. The normalized spacial score (nSPS) is 5.89. The van der Waals surface area contributed by atoms with Crippen molar-refractivity contribution in [2.24, 2.45) is 0 Å². The summed E-state index contributed by atoms with van der Waals surface area (Å²) in [6.45, 7) is 5.53. The van der Waals surface area contributed by atoms with Crippen LogP contribution in [0.1, 0.15) is 28.2 Å². The predicted molar refractivity (Wildman–Crippen MR) is 42.4 cm³/mol. The molecule has 0 atom stereocenters. The van der Waals surface area contributed by atoms with Crippen molar-refractivity contribution in [3.8, 4) is 0 Å². The van der Waals surface area contributed by atoms with Crippen LogP contribution >= 0.6 is 0 Å². The number of hydrogen-bond donors (Lipinski definition) is 0. The lowest BCUT2D eigenvalue weighted by molar-refractivity contribution is -0.126. The zero-order chi connectivity index (χ0) is 7.15. The Kier molecular flexibility index (Phi) is 18.3. The smallest absolute Gasteiger partial charge is 0.218 e. The first-order valence-corrected chi connectivity index (χ1v) is 2.82. The van der Waals surface area contributed by atoms with Crippen LogP contribution in [0, 0.1) is 0 Å². The molecule has 1 amide bonds. The van der Waals surface area contributed by atoms with Crippen LogP contribution < -0.4 is 0 Å². The molecule has 0 saturated carbocycles. The van der Waals surface area contributed by atoms with Gasteiger partial charge in [0.25, 0.3) is 0 Å². The molecule has 0 aromatic rings. The Hall–Kier alpha value is -0.530. The first-order chi connectivity index (χ1) is 3.64. The Morgan fingerprint density at radius 2 is 1.33 bits per heavy atom. The van der Waals surface area contributed by atoms with Gasteiger partial charge in [0.1, 0.15) is 0 Å². The molecule has 0 saturated heterocycles. The quantitative estimate of drug-likeness (QED) is 0.493. The van der Waals surface area contributed by atoms with Gasteiger partial charge in [-0.05, 0) is 0 Å². The van der Waals surface area contributed by atoms with Crippen molar-refractivity contribution in [1.29, 1.82) is 0 Å². The predicted octanol–water partition coefficient (Wildman–Crippen LogP) is 1.76. The fraction of sp³-hybridized carbons (Fsp3) is 0.857. The first kappa shape index (κ1) is 15.8. The van der Waals surface area contributed by atoms with Crippen LogP contribution in [0.25, 0.3) is 0 Å². The Morgan fingerprint density at radius 3 is 1.33 bits per heavy atom. The molecule has 0 radical (unpaired) electrons. The average molecular weight is 133 g/mol. The number of nitrogens with zero attached hydrogens (tertiary/aromatic N) is 1. The summed E-state index contributed by atoms with van der Waals surface area (Å²) in [5.41, 5.74) is 0. The molecule has 0 aliphatic carbocycles. The van der Waals surface area contributed by atoms with Crippen molar-refractivity contribution in [3.63, 3.8) is 0 Å². The summed E-state index contributed by atoms with van der Waals surface area (Å²) >= 11 is 0. The Bertz CT molecular complexity index is 59.9. The van der Waals surface area contributed by atoms with Gasteiger partial charge in [-0.1, -0.05) is 21.3 Å². The number of carbonyl (C=O) groups excluding carboxylic acids is 1. The van der Waals surface area contributed by atoms with Crippen LogP contribution in [0.2, 0.25) is 0 Å². The fourth-order valence-electron chi connectivity index (χ4n) is 0. The minimum absolute atomic E-state index is 0. The minimum atomic E-state index is 0. The second kappa shape index (κ2) is 10.5. The summed E-state index contributed by atoms with van der Waals surface area (Å²) in [4.78, 5) is 11.6. The molecule has 0 rings (SSSR count). The molecule has 0 heterocycles. The van der Waals surface area contributed by atoms with Crippen LogP contribution in [-0.4, -0.2) is 24.9 Å². The van der Waals surface area contributed by atoms with E-state index in [1.807, 2.05) is 13.8 Å². The van der Waals surface area contributed by atoms with E-state index in [9.17, 15) is 4.79 Å². The number of rotatable bonds is 0. The standard InChI is InChI=1S/C4H9NO.C2H6.CH4/c1-4(6)5(2)3;1-2;/h1-3H3;1-2H3;1H4. The molecule has 0 spiro atoms. The molecule has 2 nitrogen and oxygen atoms in total. The first-order valence-electron chi connectivity index (χ1n) is 2.82. The number of amides is 1. The van der Waals surface area contributed by atoms with Gasteiger partial charge in [-0.25, -0.2) is 0 Å². The Balaban J connectivity index is -0.000000109. The van der Waals surface area contributed by atoms with Crippen LogP contribution in [0.5, 0.6) is 0 Å². The highest BCUT2D eigenvalue weighted by atomic mass is 16.2. The summed E-state index contributed by atoms with van der Waals surface area (Å²) in [5.74, 6) is 0.0926. The molecule has 0 N–H and O–H groups in total. The van der Waals surface area contributed by atoms with Crippen molar-refractivity contribution in [3.05, 3.63) is 0 Å². The highest BCUT2D eigenvalue weighted by molar-refractivity contribution is 5.72. The molecule has 0 fully saturated rings. The van der Waals surface area contributed by atoms with Gasteiger partial charge < -0.3 is 4.90 Å². The monoisotopic (exact) mass is 133 g/mol. The molecular weight excluding hydrogens is 114 g/mol. The van der Waals surface area contributed by atoms with E-state index in [2.05, 4.69) is 0 Å². The average Bonchev–Trinajstić information content (AvgIpc) is 1.72. The van der Waals surface area contributed by atoms with Gasteiger partial charge in [-0.3, -0.25) is 4.79 Å². The van der Waals surface area contributed by atoms with Crippen molar-refractivity contribution < 1.29 is 4.79 Å². The third-order valence-corrected chi connectivity index (χ3v) is 0.630. The second-order valence-corrected chi connectivity index (χ2v) is 1.41. The van der Waals surface area contributed by atoms with Crippen molar-refractivity contribution in [2.45, 2.75) is 28.2 Å². The summed E-state index contributed by atoms with van der Waals surface area (Å²) in [6, 6.07) is 0. The van der Waals surface area contributed by atoms with E-state index in [1.54, 1.807) is 14.1 Å². The van der Waals surface area contributed by atoms with Crippen LogP contribution in [0.4, 0.5) is 0 Å². The summed E-state index contributed by atoms with van der Waals surface area (Å²) in [7, 11) is 3.45. The van der Waals surface area contributed by atoms with E-state index in [0.29, 0.717) is 0 Å². The summed E-state index contributed by atoms with van der Waals surface area (Å²) < 4.78 is 0. The van der Waals surface area contributed by atoms with Gasteiger partial charge in [-0.15, -0.1) is 0 Å². The molecule has 0 bridgehead atoms. The maximum Gasteiger partial charge on any atom is 0.218 e. The van der Waals surface area contributed by atoms with Crippen LogP contribution in [-0.2, 0) is 4.79 Å². The van der Waals surface area contributed by atoms with E-state index in [-0.39, 0.29) is 13.3 Å². The number of hydrogen-bond acceptors (Lipinski definition) is 1. The molecule has 9 heavy (non-hydrogen) atoms. The SMILES string of the molecule is C.CC.CC(=O)N(C)C. The second-order valence-electron chi connectivity index (χ2n) is 1.41. The van der Waals surface area contributed by atoms with Crippen molar-refractivity contribution in [1.82, 2.24) is 4.90 Å². The highest BCUT2D eigenvalue weighted by Crippen LogP contribution is 1.69. The molecule has 58 valence electrons. The summed E-state index contributed by atoms with van der Waals surface area (Å²) in [6.07, 6.45) is 0. The number of carbonyl (C=O) groups is 1. The maximum atomic E-state index is 10.1. The largest absolute Gasteiger partial charge is 0.349 e. The zero-order valence-corrected chi connectivity index (χ0v) is 6.36. The molecule has 0 aliphatic heterocycles. The molecule has 2 heteroatoms. The van der Waals surface area contributed by atoms with Gasteiger partial charge in [0.2, 0.25) is 5.91 Å². The zero-order valence-electron chi connectivity index (χ0n) is 6.36. The third kappa shape index (κ3) is 18.6. The van der Waals surface area contributed by atoms with E-state index < -0.39 is 0 Å². The minimum Gasteiger partial charge on any atom is -0.349 e. The molecule has 0 unspecified atom stereocenters.